The molecule has 3 fully saturated rings. The first-order chi connectivity index (χ1) is 16.5. The number of benzene rings is 1. The van der Waals surface area contributed by atoms with Crippen molar-refractivity contribution >= 4 is 12.2 Å². The number of fused-ring (bicyclic) bond motifs is 1. The Hall–Kier alpha value is -2.64. The van der Waals surface area contributed by atoms with Gasteiger partial charge in [0, 0.05) is 38.1 Å². The molecule has 3 unspecified atom stereocenters. The number of rotatable bonds is 7. The number of carbonyl (C=O) groups excluding carboxylic acids is 2. The van der Waals surface area contributed by atoms with Gasteiger partial charge in [0.05, 0.1) is 23.5 Å². The summed E-state index contributed by atoms with van der Waals surface area (Å²) in [5.74, 6) is 1.16. The van der Waals surface area contributed by atoms with E-state index in [-0.39, 0.29) is 11.3 Å². The molecule has 0 spiro atoms. The maximum absolute atomic E-state index is 13.2. The molecule has 2 aromatic rings. The fourth-order valence-corrected chi connectivity index (χ4v) is 6.47. The molecule has 1 aromatic carbocycles. The highest BCUT2D eigenvalue weighted by Crippen LogP contribution is 2.39. The van der Waals surface area contributed by atoms with E-state index in [9.17, 15) is 9.59 Å². The molecular weight excluding hydrogens is 426 g/mol. The van der Waals surface area contributed by atoms with Crippen LogP contribution in [0, 0.1) is 25.7 Å². The quantitative estimate of drug-likeness (QED) is 0.590. The molecule has 0 aliphatic carbocycles. The maximum Gasteiger partial charge on any atom is 0.257 e. The molecule has 5 rings (SSSR count). The first-order valence-electron chi connectivity index (χ1n) is 12.5. The van der Waals surface area contributed by atoms with Crippen LogP contribution in [-0.4, -0.2) is 89.2 Å². The number of carbonyl (C=O) groups is 2. The Morgan fingerprint density at radius 2 is 1.71 bits per heavy atom. The van der Waals surface area contributed by atoms with Gasteiger partial charge in [-0.05, 0) is 57.2 Å². The summed E-state index contributed by atoms with van der Waals surface area (Å²) in [4.78, 5) is 39.7. The first-order valence-corrected chi connectivity index (χ1v) is 12.5. The Bertz CT molecular complexity index is 1010. The Morgan fingerprint density at radius 3 is 2.35 bits per heavy atom. The Morgan fingerprint density at radius 1 is 1.03 bits per heavy atom. The summed E-state index contributed by atoms with van der Waals surface area (Å²) in [6.45, 7) is 11.1. The van der Waals surface area contributed by atoms with Gasteiger partial charge in [0.15, 0.2) is 0 Å². The minimum absolute atomic E-state index is 0.0841. The van der Waals surface area contributed by atoms with Crippen molar-refractivity contribution in [1.29, 1.82) is 0 Å². The molecule has 3 atom stereocenters. The summed E-state index contributed by atoms with van der Waals surface area (Å²) >= 11 is 0. The predicted molar refractivity (Wildman–Crippen MR) is 131 cm³/mol. The van der Waals surface area contributed by atoms with E-state index in [1.165, 1.54) is 11.9 Å². The van der Waals surface area contributed by atoms with Gasteiger partial charge in [0.1, 0.15) is 12.6 Å². The van der Waals surface area contributed by atoms with Crippen LogP contribution in [0.2, 0.25) is 0 Å². The summed E-state index contributed by atoms with van der Waals surface area (Å²) in [6, 6.07) is 10.8. The van der Waals surface area contributed by atoms with Gasteiger partial charge in [-0.2, -0.15) is 0 Å². The molecule has 0 N–H and O–H groups in total. The van der Waals surface area contributed by atoms with Crippen molar-refractivity contribution in [3.05, 3.63) is 59.2 Å². The lowest BCUT2D eigenvalue weighted by molar-refractivity contribution is -0.108. The van der Waals surface area contributed by atoms with Crippen molar-refractivity contribution in [3.8, 4) is 0 Å². The molecule has 0 bridgehead atoms. The number of aryl methyl sites for hydroxylation is 2. The van der Waals surface area contributed by atoms with Crippen molar-refractivity contribution in [2.75, 3.05) is 52.4 Å². The summed E-state index contributed by atoms with van der Waals surface area (Å²) in [5, 5.41) is 0. The molecule has 34 heavy (non-hydrogen) atoms. The summed E-state index contributed by atoms with van der Waals surface area (Å²) in [6.07, 6.45) is 4.77. The zero-order chi connectivity index (χ0) is 23.7. The Kier molecular flexibility index (Phi) is 6.49. The molecule has 3 saturated heterocycles. The van der Waals surface area contributed by atoms with Crippen LogP contribution >= 0.6 is 0 Å². The molecule has 7 nitrogen and oxygen atoms in total. The molecule has 180 valence electrons. The third-order valence-electron chi connectivity index (χ3n) is 8.35. The normalized spacial score (nSPS) is 27.3. The van der Waals surface area contributed by atoms with Crippen LogP contribution in [0.3, 0.4) is 0 Å². The fraction of sp³-hybridized carbons (Fsp3) is 0.556. The van der Waals surface area contributed by atoms with Gasteiger partial charge in [-0.1, -0.05) is 30.3 Å². The van der Waals surface area contributed by atoms with Crippen LogP contribution < -0.4 is 0 Å². The van der Waals surface area contributed by atoms with E-state index in [4.69, 9.17) is 0 Å². The maximum atomic E-state index is 13.2. The monoisotopic (exact) mass is 461 g/mol. The fourth-order valence-electron chi connectivity index (χ4n) is 6.47. The van der Waals surface area contributed by atoms with E-state index in [2.05, 4.69) is 50.1 Å². The van der Waals surface area contributed by atoms with Gasteiger partial charge < -0.3 is 14.6 Å². The third-order valence-corrected chi connectivity index (χ3v) is 8.35. The topological polar surface area (TPSA) is 69.6 Å². The van der Waals surface area contributed by atoms with Gasteiger partial charge in [0.25, 0.3) is 5.91 Å². The zero-order valence-corrected chi connectivity index (χ0v) is 20.3. The standard InChI is InChI=1S/C27H35N5O2/c1-20-25(21(2)29-19-28-20)26(34)32-16-22-14-31(15-23(22)17-32)11-9-27(24-6-4-3-5-7-24)8-10-30(18-27)12-13-33/h3-7,13,19,22-23H,8-12,14-18H2,1-2H3. The van der Waals surface area contributed by atoms with Crippen molar-refractivity contribution in [2.24, 2.45) is 11.8 Å². The number of nitrogens with zero attached hydrogens (tertiary/aromatic N) is 5. The third kappa shape index (κ3) is 4.39. The van der Waals surface area contributed by atoms with E-state index in [1.54, 1.807) is 0 Å². The zero-order valence-electron chi connectivity index (χ0n) is 20.3. The number of hydrogen-bond acceptors (Lipinski definition) is 6. The predicted octanol–water partition coefficient (Wildman–Crippen LogP) is 2.33. The minimum Gasteiger partial charge on any atom is -0.338 e. The number of likely N-dealkylation sites (tertiary alicyclic amines) is 3. The van der Waals surface area contributed by atoms with Crippen molar-refractivity contribution in [2.45, 2.75) is 32.1 Å². The number of aromatic nitrogens is 2. The van der Waals surface area contributed by atoms with Crippen LogP contribution in [0.1, 0.15) is 40.2 Å². The van der Waals surface area contributed by atoms with Crippen molar-refractivity contribution in [3.63, 3.8) is 0 Å². The van der Waals surface area contributed by atoms with Gasteiger partial charge in [0.2, 0.25) is 0 Å². The highest BCUT2D eigenvalue weighted by atomic mass is 16.2. The first kappa shape index (κ1) is 23.1. The second-order valence-electron chi connectivity index (χ2n) is 10.5. The molecule has 3 aliphatic rings. The molecule has 1 aromatic heterocycles. The highest BCUT2D eigenvalue weighted by molar-refractivity contribution is 5.96. The number of hydrogen-bond donors (Lipinski definition) is 0. The number of aldehydes is 1. The van der Waals surface area contributed by atoms with Gasteiger partial charge in [-0.3, -0.25) is 9.69 Å². The second kappa shape index (κ2) is 9.55. The lowest BCUT2D eigenvalue weighted by Crippen LogP contribution is -2.38. The van der Waals surface area contributed by atoms with E-state index in [0.717, 1.165) is 76.3 Å². The lowest BCUT2D eigenvalue weighted by Gasteiger charge is -2.32. The van der Waals surface area contributed by atoms with Gasteiger partial charge in [-0.25, -0.2) is 9.97 Å². The van der Waals surface area contributed by atoms with Crippen LogP contribution in [0.25, 0.3) is 0 Å². The molecule has 3 aliphatic heterocycles. The average Bonchev–Trinajstić information content (AvgIpc) is 3.52. The largest absolute Gasteiger partial charge is 0.338 e. The molecule has 7 heteroatoms. The van der Waals surface area contributed by atoms with Crippen molar-refractivity contribution in [1.82, 2.24) is 24.7 Å². The van der Waals surface area contributed by atoms with Crippen LogP contribution in [0.4, 0.5) is 0 Å². The van der Waals surface area contributed by atoms with Gasteiger partial charge >= 0.3 is 0 Å². The molecule has 1 amide bonds. The van der Waals surface area contributed by atoms with E-state index in [0.29, 0.717) is 23.9 Å². The highest BCUT2D eigenvalue weighted by Gasteiger charge is 2.44. The molecule has 4 heterocycles. The van der Waals surface area contributed by atoms with Gasteiger partial charge in [-0.15, -0.1) is 0 Å². The second-order valence-corrected chi connectivity index (χ2v) is 10.5. The van der Waals surface area contributed by atoms with E-state index < -0.39 is 0 Å². The average molecular weight is 462 g/mol. The van der Waals surface area contributed by atoms with Crippen LogP contribution in [-0.2, 0) is 10.2 Å². The minimum atomic E-state index is 0.0841. The molecule has 0 radical (unpaired) electrons. The molecular formula is C27H35N5O2. The van der Waals surface area contributed by atoms with E-state index in [1.807, 2.05) is 18.7 Å². The summed E-state index contributed by atoms with van der Waals surface area (Å²) in [5.41, 5.74) is 3.72. The lowest BCUT2D eigenvalue weighted by atomic mass is 9.76. The molecule has 0 saturated carbocycles. The summed E-state index contributed by atoms with van der Waals surface area (Å²) < 4.78 is 0. The smallest absolute Gasteiger partial charge is 0.257 e. The Labute approximate surface area is 202 Å². The Balaban J connectivity index is 1.20. The summed E-state index contributed by atoms with van der Waals surface area (Å²) in [7, 11) is 0. The van der Waals surface area contributed by atoms with Crippen molar-refractivity contribution < 1.29 is 9.59 Å². The SMILES string of the molecule is Cc1ncnc(C)c1C(=O)N1CC2CN(CCC3(c4ccccc4)CCN(CC=O)C3)CC2C1. The van der Waals surface area contributed by atoms with Crippen LogP contribution in [0.5, 0.6) is 0 Å². The van der Waals surface area contributed by atoms with E-state index >= 15 is 0 Å². The van der Waals surface area contributed by atoms with Crippen LogP contribution in [0.15, 0.2) is 36.7 Å². The number of amides is 1.